The zero-order valence-electron chi connectivity index (χ0n) is 8.84. The molecule has 16 heavy (non-hydrogen) atoms. The van der Waals surface area contributed by atoms with Crippen molar-refractivity contribution in [2.45, 2.75) is 0 Å². The summed E-state index contributed by atoms with van der Waals surface area (Å²) in [7, 11) is 1.63. The molecule has 0 amide bonds. The summed E-state index contributed by atoms with van der Waals surface area (Å²) in [4.78, 5) is 8.02. The lowest BCUT2D eigenvalue weighted by atomic mass is 10.3. The van der Waals surface area contributed by atoms with Crippen LogP contribution in [0.1, 0.15) is 0 Å². The first-order valence-corrected chi connectivity index (χ1v) is 4.76. The summed E-state index contributed by atoms with van der Waals surface area (Å²) in [5.74, 6) is 1.81. The van der Waals surface area contributed by atoms with Gasteiger partial charge in [-0.15, -0.1) is 0 Å². The molecule has 0 bridgehead atoms. The number of hydrogen-bond donors (Lipinski definition) is 2. The van der Waals surface area contributed by atoms with E-state index in [1.54, 1.807) is 13.3 Å². The number of anilines is 3. The molecule has 0 aliphatic carbocycles. The number of nitrogens with zero attached hydrogens (tertiary/aromatic N) is 2. The van der Waals surface area contributed by atoms with Crippen LogP contribution in [0.25, 0.3) is 0 Å². The van der Waals surface area contributed by atoms with Gasteiger partial charge in [0.2, 0.25) is 0 Å². The van der Waals surface area contributed by atoms with E-state index in [0.29, 0.717) is 11.6 Å². The molecule has 0 radical (unpaired) electrons. The van der Waals surface area contributed by atoms with Crippen molar-refractivity contribution < 1.29 is 4.74 Å². The van der Waals surface area contributed by atoms with E-state index in [-0.39, 0.29) is 0 Å². The van der Waals surface area contributed by atoms with Gasteiger partial charge >= 0.3 is 0 Å². The number of nitrogens with one attached hydrogen (secondary N) is 1. The lowest BCUT2D eigenvalue weighted by molar-refractivity contribution is 0.415. The molecule has 0 unspecified atom stereocenters. The van der Waals surface area contributed by atoms with Gasteiger partial charge in [0.1, 0.15) is 11.6 Å². The second kappa shape index (κ2) is 4.48. The van der Waals surface area contributed by atoms with Crippen LogP contribution in [-0.2, 0) is 0 Å². The molecule has 2 rings (SSSR count). The highest BCUT2D eigenvalue weighted by atomic mass is 16.5. The number of rotatable bonds is 3. The van der Waals surface area contributed by atoms with E-state index in [1.807, 2.05) is 24.3 Å². The van der Waals surface area contributed by atoms with E-state index in [0.717, 1.165) is 11.4 Å². The predicted molar refractivity (Wildman–Crippen MR) is 62.7 cm³/mol. The van der Waals surface area contributed by atoms with Crippen LogP contribution in [0, 0.1) is 0 Å². The van der Waals surface area contributed by atoms with Crippen LogP contribution in [0.4, 0.5) is 17.3 Å². The zero-order chi connectivity index (χ0) is 11.4. The highest BCUT2D eigenvalue weighted by Gasteiger charge is 1.97. The van der Waals surface area contributed by atoms with Crippen molar-refractivity contribution in [2.75, 3.05) is 18.2 Å². The Morgan fingerprint density at radius 3 is 2.56 bits per heavy atom. The summed E-state index contributed by atoms with van der Waals surface area (Å²) in [6.45, 7) is 0. The molecular formula is C11H12N4O. The van der Waals surface area contributed by atoms with Gasteiger partial charge in [0.25, 0.3) is 0 Å². The molecule has 0 atom stereocenters. The van der Waals surface area contributed by atoms with Crippen molar-refractivity contribution in [1.82, 2.24) is 9.97 Å². The Hall–Kier alpha value is -2.30. The number of hydrogen-bond acceptors (Lipinski definition) is 5. The first kappa shape index (κ1) is 10.2. The third-order valence-corrected chi connectivity index (χ3v) is 2.02. The highest BCUT2D eigenvalue weighted by molar-refractivity contribution is 5.57. The largest absolute Gasteiger partial charge is 0.497 e. The molecule has 1 aromatic heterocycles. The molecule has 0 aliphatic heterocycles. The van der Waals surface area contributed by atoms with Crippen LogP contribution in [0.15, 0.2) is 36.7 Å². The van der Waals surface area contributed by atoms with Crippen molar-refractivity contribution in [1.29, 1.82) is 0 Å². The Labute approximate surface area is 93.3 Å². The number of ether oxygens (including phenoxy) is 1. The molecule has 82 valence electrons. The highest BCUT2D eigenvalue weighted by Crippen LogP contribution is 2.18. The lowest BCUT2D eigenvalue weighted by Gasteiger charge is -2.06. The van der Waals surface area contributed by atoms with Gasteiger partial charge < -0.3 is 15.8 Å². The molecular weight excluding hydrogens is 204 g/mol. The maximum Gasteiger partial charge on any atom is 0.151 e. The van der Waals surface area contributed by atoms with Gasteiger partial charge in [-0.05, 0) is 24.3 Å². The van der Waals surface area contributed by atoms with Crippen LogP contribution in [-0.4, -0.2) is 17.1 Å². The number of methoxy groups -OCH3 is 1. The fourth-order valence-corrected chi connectivity index (χ4v) is 1.26. The van der Waals surface area contributed by atoms with Crippen LogP contribution in [0.2, 0.25) is 0 Å². The third kappa shape index (κ3) is 2.38. The van der Waals surface area contributed by atoms with E-state index in [1.165, 1.54) is 6.20 Å². The summed E-state index contributed by atoms with van der Waals surface area (Å²) in [6, 6.07) is 7.51. The average molecular weight is 216 g/mol. The average Bonchev–Trinajstić information content (AvgIpc) is 2.30. The van der Waals surface area contributed by atoms with Gasteiger partial charge in [-0.3, -0.25) is 4.98 Å². The van der Waals surface area contributed by atoms with Crippen molar-refractivity contribution in [3.8, 4) is 5.75 Å². The second-order valence-electron chi connectivity index (χ2n) is 3.18. The molecule has 0 saturated carbocycles. The van der Waals surface area contributed by atoms with Gasteiger partial charge in [-0.1, -0.05) is 0 Å². The quantitative estimate of drug-likeness (QED) is 0.818. The minimum Gasteiger partial charge on any atom is -0.497 e. The molecule has 0 fully saturated rings. The summed E-state index contributed by atoms with van der Waals surface area (Å²) < 4.78 is 5.06. The van der Waals surface area contributed by atoms with Gasteiger partial charge in [-0.25, -0.2) is 4.98 Å². The first-order valence-electron chi connectivity index (χ1n) is 4.76. The van der Waals surface area contributed by atoms with Crippen LogP contribution in [0.3, 0.4) is 0 Å². The third-order valence-electron chi connectivity index (χ3n) is 2.02. The Kier molecular flexibility index (Phi) is 2.86. The molecule has 0 aliphatic rings. The molecule has 5 heteroatoms. The van der Waals surface area contributed by atoms with E-state index >= 15 is 0 Å². The summed E-state index contributed by atoms with van der Waals surface area (Å²) in [5, 5.41) is 3.09. The number of benzene rings is 1. The van der Waals surface area contributed by atoms with Crippen LogP contribution >= 0.6 is 0 Å². The van der Waals surface area contributed by atoms with E-state index < -0.39 is 0 Å². The molecule has 5 nitrogen and oxygen atoms in total. The van der Waals surface area contributed by atoms with E-state index in [2.05, 4.69) is 15.3 Å². The summed E-state index contributed by atoms with van der Waals surface area (Å²) in [5.41, 5.74) is 6.43. The predicted octanol–water partition coefficient (Wildman–Crippen LogP) is 1.81. The van der Waals surface area contributed by atoms with Gasteiger partial charge in [0, 0.05) is 5.69 Å². The van der Waals surface area contributed by atoms with Gasteiger partial charge in [0.15, 0.2) is 5.82 Å². The summed E-state index contributed by atoms with van der Waals surface area (Å²) >= 11 is 0. The first-order chi connectivity index (χ1) is 7.78. The molecule has 1 heterocycles. The zero-order valence-corrected chi connectivity index (χ0v) is 8.84. The van der Waals surface area contributed by atoms with Crippen molar-refractivity contribution in [2.24, 2.45) is 0 Å². The molecule has 0 saturated heterocycles. The molecule has 2 aromatic rings. The Morgan fingerprint density at radius 1 is 1.19 bits per heavy atom. The Morgan fingerprint density at radius 2 is 1.94 bits per heavy atom. The van der Waals surface area contributed by atoms with Crippen molar-refractivity contribution >= 4 is 17.3 Å². The Bertz CT molecular complexity index is 470. The van der Waals surface area contributed by atoms with Gasteiger partial charge in [-0.2, -0.15) is 0 Å². The van der Waals surface area contributed by atoms with Crippen LogP contribution < -0.4 is 15.8 Å². The molecule has 3 N–H and O–H groups in total. The monoisotopic (exact) mass is 216 g/mol. The van der Waals surface area contributed by atoms with Crippen LogP contribution in [0.5, 0.6) is 5.75 Å². The number of nitrogen functional groups attached to an aromatic ring is 1. The molecule has 0 spiro atoms. The SMILES string of the molecule is COc1ccc(Nc2cncc(N)n2)cc1. The summed E-state index contributed by atoms with van der Waals surface area (Å²) in [6.07, 6.45) is 3.11. The van der Waals surface area contributed by atoms with E-state index in [4.69, 9.17) is 10.5 Å². The standard InChI is InChI=1S/C11H12N4O/c1-16-9-4-2-8(3-5-9)14-11-7-13-6-10(12)15-11/h2-7H,1H3,(H3,12,14,15). The van der Waals surface area contributed by atoms with Gasteiger partial charge in [0.05, 0.1) is 19.5 Å². The second-order valence-corrected chi connectivity index (χ2v) is 3.18. The van der Waals surface area contributed by atoms with E-state index in [9.17, 15) is 0 Å². The fourth-order valence-electron chi connectivity index (χ4n) is 1.26. The fraction of sp³-hybridized carbons (Fsp3) is 0.0909. The normalized spacial score (nSPS) is 9.81. The smallest absolute Gasteiger partial charge is 0.151 e. The van der Waals surface area contributed by atoms with Crippen molar-refractivity contribution in [3.05, 3.63) is 36.7 Å². The number of nitrogens with two attached hydrogens (primary N) is 1. The number of aromatic nitrogens is 2. The topological polar surface area (TPSA) is 73.1 Å². The minimum atomic E-state index is 0.388. The van der Waals surface area contributed by atoms with Crippen molar-refractivity contribution in [3.63, 3.8) is 0 Å². The maximum atomic E-state index is 5.52. The Balaban J connectivity index is 2.14. The maximum absolute atomic E-state index is 5.52. The molecule has 1 aromatic carbocycles. The minimum absolute atomic E-state index is 0.388. The lowest BCUT2D eigenvalue weighted by Crippen LogP contribution is -1.98.